The van der Waals surface area contributed by atoms with Crippen LogP contribution in [-0.4, -0.2) is 29.2 Å². The Morgan fingerprint density at radius 1 is 1.17 bits per heavy atom. The third-order valence-electron chi connectivity index (χ3n) is 5.02. The van der Waals surface area contributed by atoms with Crippen molar-refractivity contribution in [2.75, 3.05) is 6.54 Å². The lowest BCUT2D eigenvalue weighted by Gasteiger charge is -2.25. The summed E-state index contributed by atoms with van der Waals surface area (Å²) in [4.78, 5) is 37.6. The molecule has 3 heterocycles. The van der Waals surface area contributed by atoms with Crippen LogP contribution in [-0.2, 0) is 20.9 Å². The largest absolute Gasteiger partial charge is 0.457 e. The summed E-state index contributed by atoms with van der Waals surface area (Å²) in [7, 11) is 0. The lowest BCUT2D eigenvalue weighted by Crippen LogP contribution is -2.42. The number of carbonyl (C=O) groups excluding carboxylic acids is 3. The molecule has 144 valence electrons. The highest BCUT2D eigenvalue weighted by atomic mass is 16.5. The molecule has 0 spiro atoms. The molecule has 0 radical (unpaired) electrons. The van der Waals surface area contributed by atoms with Gasteiger partial charge in [-0.2, -0.15) is 5.26 Å². The Morgan fingerprint density at radius 3 is 2.69 bits per heavy atom. The number of hydrogen-bond donors (Lipinski definition) is 0. The molecule has 1 aromatic carbocycles. The SMILES string of the molecule is CCN1C(=O)C(C#N)=C(C)/C(=C\c2ccc(-c3ccc4c(c3)COC4=O)o2)C1=O. The topological polar surface area (TPSA) is 101 Å². The molecule has 1 aromatic heterocycles. The molecule has 2 amide bonds. The number of carbonyl (C=O) groups is 3. The number of rotatable bonds is 3. The van der Waals surface area contributed by atoms with Gasteiger partial charge in [0.25, 0.3) is 11.8 Å². The minimum atomic E-state index is -0.579. The fourth-order valence-electron chi connectivity index (χ4n) is 3.43. The summed E-state index contributed by atoms with van der Waals surface area (Å²) in [6.45, 7) is 3.66. The Balaban J connectivity index is 1.71. The Morgan fingerprint density at radius 2 is 1.97 bits per heavy atom. The fraction of sp³-hybridized carbons (Fsp3) is 0.182. The third-order valence-corrected chi connectivity index (χ3v) is 5.02. The van der Waals surface area contributed by atoms with Crippen molar-refractivity contribution in [3.05, 3.63) is 63.9 Å². The number of benzene rings is 1. The quantitative estimate of drug-likeness (QED) is 0.455. The predicted octanol–water partition coefficient (Wildman–Crippen LogP) is 3.23. The van der Waals surface area contributed by atoms with Gasteiger partial charge in [-0.3, -0.25) is 14.5 Å². The van der Waals surface area contributed by atoms with Crippen LogP contribution in [0.4, 0.5) is 0 Å². The van der Waals surface area contributed by atoms with Gasteiger partial charge in [-0.25, -0.2) is 4.79 Å². The smallest absolute Gasteiger partial charge is 0.338 e. The number of furan rings is 1. The molecule has 4 rings (SSSR count). The van der Waals surface area contributed by atoms with Gasteiger partial charge in [0.15, 0.2) is 0 Å². The standard InChI is InChI=1S/C22H16N2O5/c1-3-24-20(25)17(12(2)18(10-23)21(24)26)9-15-5-7-19(29-15)13-4-6-16-14(8-13)11-28-22(16)27/h4-9H,3,11H2,1-2H3/b17-9+. The van der Waals surface area contributed by atoms with E-state index in [-0.39, 0.29) is 30.3 Å². The minimum absolute atomic E-state index is 0.0484. The average molecular weight is 388 g/mol. The summed E-state index contributed by atoms with van der Waals surface area (Å²) in [6.07, 6.45) is 1.54. The van der Waals surface area contributed by atoms with Crippen LogP contribution in [0.2, 0.25) is 0 Å². The minimum Gasteiger partial charge on any atom is -0.457 e. The van der Waals surface area contributed by atoms with Gasteiger partial charge in [0, 0.05) is 23.2 Å². The molecule has 2 aliphatic heterocycles. The van der Waals surface area contributed by atoms with Crippen molar-refractivity contribution in [1.82, 2.24) is 4.90 Å². The number of nitrogens with zero attached hydrogens (tertiary/aromatic N) is 2. The average Bonchev–Trinajstić information content (AvgIpc) is 3.33. The van der Waals surface area contributed by atoms with Crippen molar-refractivity contribution in [1.29, 1.82) is 5.26 Å². The number of cyclic esters (lactones) is 1. The van der Waals surface area contributed by atoms with E-state index in [9.17, 15) is 19.6 Å². The van der Waals surface area contributed by atoms with E-state index in [0.717, 1.165) is 16.0 Å². The first-order chi connectivity index (χ1) is 13.9. The highest BCUT2D eigenvalue weighted by Gasteiger charge is 2.34. The van der Waals surface area contributed by atoms with Crippen LogP contribution < -0.4 is 0 Å². The van der Waals surface area contributed by atoms with E-state index in [0.29, 0.717) is 22.7 Å². The summed E-state index contributed by atoms with van der Waals surface area (Å²) in [5, 5.41) is 9.31. The van der Waals surface area contributed by atoms with Crippen molar-refractivity contribution >= 4 is 23.9 Å². The third kappa shape index (κ3) is 2.95. The molecule has 7 nitrogen and oxygen atoms in total. The lowest BCUT2D eigenvalue weighted by molar-refractivity contribution is -0.140. The van der Waals surface area contributed by atoms with Gasteiger partial charge in [-0.15, -0.1) is 0 Å². The molecule has 2 aromatic rings. The number of fused-ring (bicyclic) bond motifs is 1. The number of hydrogen-bond acceptors (Lipinski definition) is 6. The molecule has 0 N–H and O–H groups in total. The van der Waals surface area contributed by atoms with Crippen molar-refractivity contribution in [2.24, 2.45) is 0 Å². The van der Waals surface area contributed by atoms with Crippen molar-refractivity contribution in [2.45, 2.75) is 20.5 Å². The number of ether oxygens (including phenoxy) is 1. The lowest BCUT2D eigenvalue weighted by atomic mass is 9.95. The zero-order valence-electron chi connectivity index (χ0n) is 15.8. The van der Waals surface area contributed by atoms with E-state index in [2.05, 4.69) is 0 Å². The van der Waals surface area contributed by atoms with Crippen molar-refractivity contribution < 1.29 is 23.5 Å². The van der Waals surface area contributed by atoms with Crippen LogP contribution in [0.3, 0.4) is 0 Å². The van der Waals surface area contributed by atoms with Crippen LogP contribution in [0.5, 0.6) is 0 Å². The summed E-state index contributed by atoms with van der Waals surface area (Å²) in [5.74, 6) is -0.395. The van der Waals surface area contributed by atoms with E-state index in [1.807, 2.05) is 12.1 Å². The molecule has 0 unspecified atom stereocenters. The van der Waals surface area contributed by atoms with E-state index in [1.165, 1.54) is 6.08 Å². The maximum atomic E-state index is 12.7. The number of nitriles is 1. The highest BCUT2D eigenvalue weighted by molar-refractivity contribution is 6.19. The summed E-state index contributed by atoms with van der Waals surface area (Å²) < 4.78 is 10.9. The van der Waals surface area contributed by atoms with Crippen LogP contribution in [0.15, 0.2) is 51.5 Å². The summed E-state index contributed by atoms with van der Waals surface area (Å²) in [5.41, 5.74) is 2.64. The highest BCUT2D eigenvalue weighted by Crippen LogP contribution is 2.31. The van der Waals surface area contributed by atoms with Gasteiger partial charge in [-0.05, 0) is 49.8 Å². The van der Waals surface area contributed by atoms with E-state index >= 15 is 0 Å². The van der Waals surface area contributed by atoms with Gasteiger partial charge in [-0.1, -0.05) is 6.07 Å². The summed E-state index contributed by atoms with van der Waals surface area (Å²) in [6, 6.07) is 10.6. The van der Waals surface area contributed by atoms with Crippen LogP contribution in [0, 0.1) is 11.3 Å². The van der Waals surface area contributed by atoms with Crippen molar-refractivity contribution in [3.8, 4) is 17.4 Å². The zero-order valence-corrected chi connectivity index (χ0v) is 15.8. The molecular weight excluding hydrogens is 372 g/mol. The van der Waals surface area contributed by atoms with Gasteiger partial charge in [0.05, 0.1) is 5.56 Å². The van der Waals surface area contributed by atoms with E-state index in [1.54, 1.807) is 38.1 Å². The van der Waals surface area contributed by atoms with Gasteiger partial charge in [0.1, 0.15) is 29.8 Å². The first kappa shape index (κ1) is 18.4. The molecule has 2 aliphatic rings. The molecule has 0 aliphatic carbocycles. The predicted molar refractivity (Wildman–Crippen MR) is 102 cm³/mol. The Bertz CT molecular complexity index is 1180. The number of amides is 2. The normalized spacial score (nSPS) is 17.6. The second-order valence-electron chi connectivity index (χ2n) is 6.67. The maximum absolute atomic E-state index is 12.7. The maximum Gasteiger partial charge on any atom is 0.338 e. The molecule has 0 fully saturated rings. The molecule has 0 saturated heterocycles. The monoisotopic (exact) mass is 388 g/mol. The van der Waals surface area contributed by atoms with Crippen molar-refractivity contribution in [3.63, 3.8) is 0 Å². The van der Waals surface area contributed by atoms with Gasteiger partial charge < -0.3 is 9.15 Å². The first-order valence-electron chi connectivity index (χ1n) is 9.04. The molecule has 0 atom stereocenters. The molecule has 0 saturated carbocycles. The number of imide groups is 1. The molecular formula is C22H16N2O5. The second-order valence-corrected chi connectivity index (χ2v) is 6.67. The Hall–Kier alpha value is -3.92. The van der Waals surface area contributed by atoms with E-state index in [4.69, 9.17) is 9.15 Å². The van der Waals surface area contributed by atoms with Gasteiger partial charge >= 0.3 is 5.97 Å². The Kier molecular flexibility index (Phi) is 4.40. The summed E-state index contributed by atoms with van der Waals surface area (Å²) >= 11 is 0. The molecule has 0 bridgehead atoms. The molecule has 29 heavy (non-hydrogen) atoms. The Labute approximate surface area is 166 Å². The van der Waals surface area contributed by atoms with E-state index < -0.39 is 11.8 Å². The van der Waals surface area contributed by atoms with Crippen LogP contribution in [0.1, 0.15) is 35.5 Å². The zero-order chi connectivity index (χ0) is 20.7. The van der Waals surface area contributed by atoms with Crippen LogP contribution >= 0.6 is 0 Å². The molecule has 7 heteroatoms. The number of likely N-dealkylation sites (N-methyl/N-ethyl adjacent to an activating group) is 1. The first-order valence-corrected chi connectivity index (χ1v) is 9.04. The van der Waals surface area contributed by atoms with Gasteiger partial charge in [0.2, 0.25) is 0 Å². The second kappa shape index (κ2) is 6.91. The van der Waals surface area contributed by atoms with Crippen LogP contribution in [0.25, 0.3) is 17.4 Å². The number of esters is 1. The fourth-order valence-corrected chi connectivity index (χ4v) is 3.43.